The van der Waals surface area contributed by atoms with Crippen molar-refractivity contribution in [3.05, 3.63) is 57.1 Å². The molecule has 0 aliphatic carbocycles. The van der Waals surface area contributed by atoms with E-state index in [-0.39, 0.29) is 24.8 Å². The van der Waals surface area contributed by atoms with Crippen LogP contribution in [0.1, 0.15) is 55.1 Å². The van der Waals surface area contributed by atoms with E-state index in [1.54, 1.807) is 32.0 Å². The Labute approximate surface area is 184 Å². The molecule has 158 valence electrons. The Morgan fingerprint density at radius 1 is 1.20 bits per heavy atom. The molecule has 1 aliphatic heterocycles. The summed E-state index contributed by atoms with van der Waals surface area (Å²) in [6.07, 6.45) is 2.03. The molecule has 1 saturated heterocycles. The molecule has 0 spiro atoms. The van der Waals surface area contributed by atoms with Crippen LogP contribution in [0.2, 0.25) is 10.0 Å². The number of imide groups is 1. The van der Waals surface area contributed by atoms with E-state index in [2.05, 4.69) is 20.6 Å². The molecule has 1 unspecified atom stereocenters. The SMILES string of the molecule is Cc1cc(C(C)(C)C(=O)NCc2cc(Cl)c(C3CCC(=O)NC3=O)c(Cl)c2)ncn1. The van der Waals surface area contributed by atoms with Crippen LogP contribution in [0.5, 0.6) is 0 Å². The van der Waals surface area contributed by atoms with Gasteiger partial charge in [-0.1, -0.05) is 23.2 Å². The van der Waals surface area contributed by atoms with Crippen molar-refractivity contribution in [2.24, 2.45) is 0 Å². The Morgan fingerprint density at radius 2 is 1.87 bits per heavy atom. The van der Waals surface area contributed by atoms with Crippen molar-refractivity contribution < 1.29 is 14.4 Å². The first-order chi connectivity index (χ1) is 14.1. The van der Waals surface area contributed by atoms with E-state index >= 15 is 0 Å². The quantitative estimate of drug-likeness (QED) is 0.683. The van der Waals surface area contributed by atoms with Gasteiger partial charge in [-0.2, -0.15) is 0 Å². The number of piperidine rings is 1. The highest BCUT2D eigenvalue weighted by atomic mass is 35.5. The highest BCUT2D eigenvalue weighted by Crippen LogP contribution is 2.37. The number of rotatable bonds is 5. The van der Waals surface area contributed by atoms with Crippen molar-refractivity contribution in [1.29, 1.82) is 0 Å². The maximum Gasteiger partial charge on any atom is 0.234 e. The van der Waals surface area contributed by atoms with Gasteiger partial charge in [-0.15, -0.1) is 0 Å². The summed E-state index contributed by atoms with van der Waals surface area (Å²) in [4.78, 5) is 44.6. The number of hydrogen-bond donors (Lipinski definition) is 2. The molecule has 30 heavy (non-hydrogen) atoms. The molecule has 1 aromatic heterocycles. The van der Waals surface area contributed by atoms with E-state index in [1.807, 2.05) is 6.92 Å². The Balaban J connectivity index is 1.74. The van der Waals surface area contributed by atoms with Crippen LogP contribution >= 0.6 is 23.2 Å². The number of aromatic nitrogens is 2. The Kier molecular flexibility index (Phi) is 6.43. The van der Waals surface area contributed by atoms with Gasteiger partial charge < -0.3 is 5.32 Å². The summed E-state index contributed by atoms with van der Waals surface area (Å²) in [6.45, 7) is 5.63. The van der Waals surface area contributed by atoms with Crippen molar-refractivity contribution in [2.75, 3.05) is 0 Å². The average molecular weight is 449 g/mol. The van der Waals surface area contributed by atoms with E-state index in [4.69, 9.17) is 23.2 Å². The number of carbonyl (C=O) groups excluding carboxylic acids is 3. The third kappa shape index (κ3) is 4.63. The third-order valence-electron chi connectivity index (χ3n) is 5.19. The number of halogens is 2. The predicted octanol–water partition coefficient (Wildman–Crippen LogP) is 3.21. The van der Waals surface area contributed by atoms with E-state index in [9.17, 15) is 14.4 Å². The fraction of sp³-hybridized carbons (Fsp3) is 0.381. The van der Waals surface area contributed by atoms with Gasteiger partial charge in [0.1, 0.15) is 6.33 Å². The number of carbonyl (C=O) groups is 3. The molecule has 9 heteroatoms. The molecule has 7 nitrogen and oxygen atoms in total. The lowest BCUT2D eigenvalue weighted by atomic mass is 9.87. The van der Waals surface area contributed by atoms with Crippen molar-refractivity contribution in [3.63, 3.8) is 0 Å². The molecule has 2 heterocycles. The molecule has 0 radical (unpaired) electrons. The molecular formula is C21H22Cl2N4O3. The van der Waals surface area contributed by atoms with Gasteiger partial charge in [0.15, 0.2) is 0 Å². The van der Waals surface area contributed by atoms with Gasteiger partial charge in [0.2, 0.25) is 17.7 Å². The predicted molar refractivity (Wildman–Crippen MR) is 113 cm³/mol. The fourth-order valence-electron chi connectivity index (χ4n) is 3.36. The number of benzene rings is 1. The van der Waals surface area contributed by atoms with E-state index in [0.717, 1.165) is 5.69 Å². The Hall–Kier alpha value is -2.51. The molecule has 2 N–H and O–H groups in total. The second-order valence-electron chi connectivity index (χ2n) is 7.83. The minimum absolute atomic E-state index is 0.206. The largest absolute Gasteiger partial charge is 0.351 e. The van der Waals surface area contributed by atoms with Gasteiger partial charge in [0.25, 0.3) is 0 Å². The van der Waals surface area contributed by atoms with Crippen LogP contribution in [0.15, 0.2) is 24.5 Å². The molecule has 0 saturated carbocycles. The minimum atomic E-state index is -0.853. The lowest BCUT2D eigenvalue weighted by Crippen LogP contribution is -2.40. The van der Waals surface area contributed by atoms with Gasteiger partial charge in [0, 0.05) is 34.3 Å². The number of amides is 3. The number of hydrogen-bond acceptors (Lipinski definition) is 5. The third-order valence-corrected chi connectivity index (χ3v) is 5.82. The second-order valence-corrected chi connectivity index (χ2v) is 8.64. The van der Waals surface area contributed by atoms with Crippen LogP contribution in [0.25, 0.3) is 0 Å². The number of nitrogens with one attached hydrogen (secondary N) is 2. The monoisotopic (exact) mass is 448 g/mol. The first-order valence-corrected chi connectivity index (χ1v) is 10.2. The van der Waals surface area contributed by atoms with E-state index in [0.29, 0.717) is 33.3 Å². The van der Waals surface area contributed by atoms with Gasteiger partial charge in [-0.05, 0) is 51.0 Å². The number of nitrogens with zero attached hydrogens (tertiary/aromatic N) is 2. The van der Waals surface area contributed by atoms with Crippen LogP contribution in [-0.2, 0) is 26.3 Å². The average Bonchev–Trinajstić information content (AvgIpc) is 2.67. The van der Waals surface area contributed by atoms with Gasteiger partial charge in [-0.25, -0.2) is 9.97 Å². The summed E-state index contributed by atoms with van der Waals surface area (Å²) in [7, 11) is 0. The zero-order valence-electron chi connectivity index (χ0n) is 16.9. The maximum atomic E-state index is 12.8. The van der Waals surface area contributed by atoms with Gasteiger partial charge in [-0.3, -0.25) is 19.7 Å². The summed E-state index contributed by atoms with van der Waals surface area (Å²) in [5.41, 5.74) is 1.74. The fourth-order valence-corrected chi connectivity index (χ4v) is 4.15. The lowest BCUT2D eigenvalue weighted by molar-refractivity contribution is -0.134. The van der Waals surface area contributed by atoms with Crippen LogP contribution < -0.4 is 10.6 Å². The molecule has 1 aliphatic rings. The molecule has 3 rings (SSSR count). The van der Waals surface area contributed by atoms with Crippen LogP contribution in [0.3, 0.4) is 0 Å². The molecule has 1 atom stereocenters. The zero-order chi connectivity index (χ0) is 22.1. The molecule has 2 aromatic rings. The summed E-state index contributed by atoms with van der Waals surface area (Å²) < 4.78 is 0. The van der Waals surface area contributed by atoms with E-state index < -0.39 is 17.2 Å². The van der Waals surface area contributed by atoms with E-state index in [1.165, 1.54) is 6.33 Å². The van der Waals surface area contributed by atoms with Crippen LogP contribution in [-0.4, -0.2) is 27.7 Å². The standard InChI is InChI=1S/C21H22Cl2N4O3/c1-11-6-16(26-10-25-11)21(2,3)20(30)24-9-12-7-14(22)18(15(23)8-12)13-4-5-17(28)27-19(13)29/h6-8,10,13H,4-5,9H2,1-3H3,(H,24,30)(H,27,28,29). The molecule has 1 fully saturated rings. The Bertz CT molecular complexity index is 1000. The van der Waals surface area contributed by atoms with Crippen molar-refractivity contribution in [1.82, 2.24) is 20.6 Å². The van der Waals surface area contributed by atoms with Gasteiger partial charge in [0.05, 0.1) is 17.0 Å². The minimum Gasteiger partial charge on any atom is -0.351 e. The summed E-state index contributed by atoms with van der Waals surface area (Å²) in [6, 6.07) is 5.13. The molecule has 3 amide bonds. The smallest absolute Gasteiger partial charge is 0.234 e. The molecule has 0 bridgehead atoms. The van der Waals surface area contributed by atoms with Crippen LogP contribution in [0.4, 0.5) is 0 Å². The molecular weight excluding hydrogens is 427 g/mol. The normalized spacial score (nSPS) is 16.9. The van der Waals surface area contributed by atoms with Crippen molar-refractivity contribution in [3.8, 4) is 0 Å². The highest BCUT2D eigenvalue weighted by molar-refractivity contribution is 6.36. The van der Waals surface area contributed by atoms with Crippen LogP contribution in [0, 0.1) is 6.92 Å². The first kappa shape index (κ1) is 22.2. The first-order valence-electron chi connectivity index (χ1n) is 9.48. The topological polar surface area (TPSA) is 101 Å². The summed E-state index contributed by atoms with van der Waals surface area (Å²) in [5, 5.41) is 5.85. The Morgan fingerprint density at radius 3 is 2.47 bits per heavy atom. The lowest BCUT2D eigenvalue weighted by Gasteiger charge is -2.24. The second kappa shape index (κ2) is 8.70. The summed E-state index contributed by atoms with van der Waals surface area (Å²) >= 11 is 12.8. The van der Waals surface area contributed by atoms with Crippen molar-refractivity contribution in [2.45, 2.75) is 51.5 Å². The summed E-state index contributed by atoms with van der Waals surface area (Å²) in [5.74, 6) is -1.49. The number of aryl methyl sites for hydroxylation is 1. The maximum absolute atomic E-state index is 12.8. The highest BCUT2D eigenvalue weighted by Gasteiger charge is 2.33. The van der Waals surface area contributed by atoms with Crippen molar-refractivity contribution >= 4 is 40.9 Å². The molecule has 1 aromatic carbocycles. The van der Waals surface area contributed by atoms with Gasteiger partial charge >= 0.3 is 0 Å². The zero-order valence-corrected chi connectivity index (χ0v) is 18.4.